The van der Waals surface area contributed by atoms with Gasteiger partial charge < -0.3 is 4.42 Å². The van der Waals surface area contributed by atoms with Gasteiger partial charge in [0.15, 0.2) is 0 Å². The molecule has 0 spiro atoms. The number of para-hydroxylation sites is 1. The van der Waals surface area contributed by atoms with E-state index in [-0.39, 0.29) is 11.5 Å². The number of hydrogen-bond acceptors (Lipinski definition) is 3. The summed E-state index contributed by atoms with van der Waals surface area (Å²) in [5, 5.41) is 1.15. The number of fused-ring (bicyclic) bond motifs is 1. The minimum atomic E-state index is 0.0974. The molecule has 1 unspecified atom stereocenters. The maximum absolute atomic E-state index is 6.00. The molecule has 1 saturated carbocycles. The Morgan fingerprint density at radius 2 is 1.95 bits per heavy atom. The molecule has 0 amide bonds. The molecular formula is C16H22N2O. The highest BCUT2D eigenvalue weighted by molar-refractivity contribution is 5.77. The monoisotopic (exact) mass is 258 g/mol. The lowest BCUT2D eigenvalue weighted by Gasteiger charge is -2.39. The van der Waals surface area contributed by atoms with Gasteiger partial charge in [0.1, 0.15) is 11.3 Å². The molecule has 102 valence electrons. The third kappa shape index (κ3) is 2.28. The highest BCUT2D eigenvalue weighted by Crippen LogP contribution is 2.46. The van der Waals surface area contributed by atoms with Gasteiger partial charge in [0, 0.05) is 5.39 Å². The Bertz CT molecular complexity index is 522. The van der Waals surface area contributed by atoms with Crippen LogP contribution in [0.4, 0.5) is 0 Å². The van der Waals surface area contributed by atoms with Crippen molar-refractivity contribution in [1.29, 1.82) is 0 Å². The number of hydrazine groups is 1. The first-order valence-corrected chi connectivity index (χ1v) is 7.17. The van der Waals surface area contributed by atoms with Gasteiger partial charge in [0.2, 0.25) is 0 Å². The highest BCUT2D eigenvalue weighted by Gasteiger charge is 2.37. The van der Waals surface area contributed by atoms with Crippen molar-refractivity contribution in [2.75, 3.05) is 0 Å². The molecule has 1 aliphatic rings. The minimum absolute atomic E-state index is 0.0974. The highest BCUT2D eigenvalue weighted by atomic mass is 16.3. The Kier molecular flexibility index (Phi) is 3.33. The summed E-state index contributed by atoms with van der Waals surface area (Å²) in [7, 11) is 0. The number of rotatable bonds is 3. The van der Waals surface area contributed by atoms with E-state index in [1.54, 1.807) is 0 Å². The van der Waals surface area contributed by atoms with E-state index in [1.165, 1.54) is 32.1 Å². The zero-order valence-corrected chi connectivity index (χ0v) is 11.5. The first kappa shape index (κ1) is 12.7. The van der Waals surface area contributed by atoms with Crippen molar-refractivity contribution in [2.24, 2.45) is 11.3 Å². The fraction of sp³-hybridized carbons (Fsp3) is 0.500. The van der Waals surface area contributed by atoms with Crippen LogP contribution in [0.15, 0.2) is 34.7 Å². The van der Waals surface area contributed by atoms with Gasteiger partial charge in [-0.25, -0.2) is 5.43 Å². The summed E-state index contributed by atoms with van der Waals surface area (Å²) in [5.74, 6) is 6.80. The lowest BCUT2D eigenvalue weighted by atomic mass is 9.70. The van der Waals surface area contributed by atoms with Crippen LogP contribution in [0.1, 0.15) is 50.8 Å². The van der Waals surface area contributed by atoms with Crippen molar-refractivity contribution in [1.82, 2.24) is 5.43 Å². The van der Waals surface area contributed by atoms with E-state index in [9.17, 15) is 0 Å². The van der Waals surface area contributed by atoms with E-state index < -0.39 is 0 Å². The summed E-state index contributed by atoms with van der Waals surface area (Å²) in [6, 6.07) is 10.4. The Balaban J connectivity index is 1.96. The van der Waals surface area contributed by atoms with Gasteiger partial charge >= 0.3 is 0 Å². The molecule has 0 radical (unpaired) electrons. The molecule has 3 N–H and O–H groups in total. The molecule has 0 aliphatic heterocycles. The van der Waals surface area contributed by atoms with Gasteiger partial charge in [-0.05, 0) is 30.4 Å². The standard InChI is InChI=1S/C16H22N2O/c1-16(9-5-2-6-10-16)15(18-17)14-11-12-7-3-4-8-13(12)19-14/h3-4,7-8,11,15,18H,2,5-6,9-10,17H2,1H3. The zero-order chi connectivity index (χ0) is 13.3. The average molecular weight is 258 g/mol. The molecule has 1 fully saturated rings. The minimum Gasteiger partial charge on any atom is -0.459 e. The fourth-order valence-electron chi connectivity index (χ4n) is 3.42. The van der Waals surface area contributed by atoms with Crippen LogP contribution >= 0.6 is 0 Å². The second-order valence-electron chi connectivity index (χ2n) is 6.00. The Labute approximate surface area is 114 Å². The van der Waals surface area contributed by atoms with E-state index in [4.69, 9.17) is 10.3 Å². The van der Waals surface area contributed by atoms with Crippen molar-refractivity contribution in [2.45, 2.75) is 45.1 Å². The summed E-state index contributed by atoms with van der Waals surface area (Å²) in [6.07, 6.45) is 6.33. The van der Waals surface area contributed by atoms with Crippen LogP contribution in [0.2, 0.25) is 0 Å². The third-order valence-electron chi connectivity index (χ3n) is 4.59. The van der Waals surface area contributed by atoms with Crippen LogP contribution in [0.25, 0.3) is 11.0 Å². The largest absolute Gasteiger partial charge is 0.459 e. The predicted molar refractivity (Wildman–Crippen MR) is 77.5 cm³/mol. The normalized spacial score (nSPS) is 20.5. The van der Waals surface area contributed by atoms with E-state index in [2.05, 4.69) is 24.5 Å². The number of nitrogens with two attached hydrogens (primary N) is 1. The van der Waals surface area contributed by atoms with Crippen LogP contribution in [-0.4, -0.2) is 0 Å². The Morgan fingerprint density at radius 3 is 2.63 bits per heavy atom. The molecule has 19 heavy (non-hydrogen) atoms. The van der Waals surface area contributed by atoms with Crippen molar-refractivity contribution >= 4 is 11.0 Å². The Hall–Kier alpha value is -1.32. The van der Waals surface area contributed by atoms with Gasteiger partial charge in [0.05, 0.1) is 6.04 Å². The third-order valence-corrected chi connectivity index (χ3v) is 4.59. The molecular weight excluding hydrogens is 236 g/mol. The van der Waals surface area contributed by atoms with Crippen molar-refractivity contribution in [3.05, 3.63) is 36.1 Å². The number of nitrogens with one attached hydrogen (secondary N) is 1. The molecule has 1 aromatic carbocycles. The van der Waals surface area contributed by atoms with E-state index >= 15 is 0 Å². The predicted octanol–water partition coefficient (Wildman–Crippen LogP) is 3.91. The first-order valence-electron chi connectivity index (χ1n) is 7.17. The van der Waals surface area contributed by atoms with Gasteiger partial charge in [0.25, 0.3) is 0 Å². The summed E-state index contributed by atoms with van der Waals surface area (Å²) in [6.45, 7) is 2.32. The second-order valence-corrected chi connectivity index (χ2v) is 6.00. The summed E-state index contributed by atoms with van der Waals surface area (Å²) >= 11 is 0. The quantitative estimate of drug-likeness (QED) is 0.648. The fourth-order valence-corrected chi connectivity index (χ4v) is 3.42. The number of furan rings is 1. The van der Waals surface area contributed by atoms with Crippen LogP contribution in [0.5, 0.6) is 0 Å². The summed E-state index contributed by atoms with van der Waals surface area (Å²) < 4.78 is 6.00. The molecule has 1 heterocycles. The maximum atomic E-state index is 6.00. The zero-order valence-electron chi connectivity index (χ0n) is 11.5. The average Bonchev–Trinajstić information content (AvgIpc) is 2.83. The van der Waals surface area contributed by atoms with Crippen molar-refractivity contribution in [3.8, 4) is 0 Å². The second kappa shape index (κ2) is 4.99. The molecule has 3 nitrogen and oxygen atoms in total. The van der Waals surface area contributed by atoms with Gasteiger partial charge in [-0.2, -0.15) is 0 Å². The number of hydrogen-bond donors (Lipinski definition) is 2. The van der Waals surface area contributed by atoms with E-state index in [0.29, 0.717) is 0 Å². The number of benzene rings is 1. The lowest BCUT2D eigenvalue weighted by molar-refractivity contribution is 0.130. The first-order chi connectivity index (χ1) is 9.23. The van der Waals surface area contributed by atoms with Gasteiger partial charge in [-0.3, -0.25) is 5.84 Å². The molecule has 1 aliphatic carbocycles. The van der Waals surface area contributed by atoms with Crippen molar-refractivity contribution in [3.63, 3.8) is 0 Å². The van der Waals surface area contributed by atoms with E-state index in [0.717, 1.165) is 16.7 Å². The van der Waals surface area contributed by atoms with Crippen LogP contribution < -0.4 is 11.3 Å². The molecule has 2 aromatic rings. The van der Waals surface area contributed by atoms with E-state index in [1.807, 2.05) is 18.2 Å². The maximum Gasteiger partial charge on any atom is 0.134 e. The smallest absolute Gasteiger partial charge is 0.134 e. The van der Waals surface area contributed by atoms with Gasteiger partial charge in [-0.15, -0.1) is 0 Å². The van der Waals surface area contributed by atoms with Crippen molar-refractivity contribution < 1.29 is 4.42 Å². The SMILES string of the molecule is CC1(C(NN)c2cc3ccccc3o2)CCCCC1. The summed E-state index contributed by atoms with van der Waals surface area (Å²) in [5.41, 5.74) is 4.13. The lowest BCUT2D eigenvalue weighted by Crippen LogP contribution is -2.40. The molecule has 1 aromatic heterocycles. The topological polar surface area (TPSA) is 51.2 Å². The van der Waals surface area contributed by atoms with Crippen LogP contribution in [-0.2, 0) is 0 Å². The molecule has 0 saturated heterocycles. The van der Waals surface area contributed by atoms with Crippen LogP contribution in [0, 0.1) is 5.41 Å². The molecule has 0 bridgehead atoms. The Morgan fingerprint density at radius 1 is 1.21 bits per heavy atom. The summed E-state index contributed by atoms with van der Waals surface area (Å²) in [4.78, 5) is 0. The molecule has 1 atom stereocenters. The van der Waals surface area contributed by atoms with Crippen LogP contribution in [0.3, 0.4) is 0 Å². The van der Waals surface area contributed by atoms with Gasteiger partial charge in [-0.1, -0.05) is 44.4 Å². The molecule has 3 rings (SSSR count). The molecule has 3 heteroatoms.